The van der Waals surface area contributed by atoms with Crippen LogP contribution in [0.25, 0.3) is 0 Å². The lowest BCUT2D eigenvalue weighted by atomic mass is 10.5. The van der Waals surface area contributed by atoms with E-state index in [-0.39, 0.29) is 0 Å². The molecule has 2 nitrogen and oxygen atoms in total. The first-order valence-corrected chi connectivity index (χ1v) is 2.88. The third-order valence-corrected chi connectivity index (χ3v) is 0.664. The van der Waals surface area contributed by atoms with E-state index in [0.717, 1.165) is 6.42 Å². The van der Waals surface area contributed by atoms with E-state index in [1.54, 1.807) is 6.26 Å². The average Bonchev–Trinajstić information content (AvgIpc) is 1.89. The summed E-state index contributed by atoms with van der Waals surface area (Å²) in [7, 11) is 0. The first kappa shape index (κ1) is 7.95. The van der Waals surface area contributed by atoms with Gasteiger partial charge < -0.3 is 10.1 Å². The second-order valence-corrected chi connectivity index (χ2v) is 1.41. The molecule has 0 spiro atoms. The summed E-state index contributed by atoms with van der Waals surface area (Å²) >= 11 is 0. The Hall–Kier alpha value is -1.05. The van der Waals surface area contributed by atoms with Crippen molar-refractivity contribution in [1.29, 1.82) is 5.41 Å². The first-order chi connectivity index (χ1) is 4.41. The highest BCUT2D eigenvalue weighted by atomic mass is 16.5. The molecule has 0 aliphatic carbocycles. The molecule has 0 atom stereocenters. The van der Waals surface area contributed by atoms with Gasteiger partial charge in [0.1, 0.15) is 0 Å². The molecule has 0 aliphatic rings. The van der Waals surface area contributed by atoms with Gasteiger partial charge in [-0.3, -0.25) is 0 Å². The van der Waals surface area contributed by atoms with Crippen LogP contribution in [0.5, 0.6) is 0 Å². The number of rotatable bonds is 4. The molecule has 0 aromatic carbocycles. The molecule has 0 saturated heterocycles. The Morgan fingerprint density at radius 3 is 2.78 bits per heavy atom. The van der Waals surface area contributed by atoms with Crippen LogP contribution in [-0.4, -0.2) is 6.21 Å². The maximum Gasteiger partial charge on any atom is 0.0916 e. The molecule has 0 fully saturated rings. The molecule has 0 amide bonds. The van der Waals surface area contributed by atoms with E-state index >= 15 is 0 Å². The minimum Gasteiger partial charge on any atom is -0.473 e. The lowest BCUT2D eigenvalue weighted by Gasteiger charge is -1.84. The average molecular weight is 125 g/mol. The van der Waals surface area contributed by atoms with Gasteiger partial charge >= 0.3 is 0 Å². The SMILES string of the molecule is CC/C=C/O/C=C\C=N. The van der Waals surface area contributed by atoms with Crippen molar-refractivity contribution >= 4 is 6.21 Å². The zero-order valence-corrected chi connectivity index (χ0v) is 5.50. The van der Waals surface area contributed by atoms with Gasteiger partial charge in [-0.1, -0.05) is 6.92 Å². The van der Waals surface area contributed by atoms with Crippen molar-refractivity contribution in [3.63, 3.8) is 0 Å². The molecule has 1 N–H and O–H groups in total. The molecular weight excluding hydrogens is 114 g/mol. The molecule has 0 aromatic heterocycles. The molecule has 50 valence electrons. The van der Waals surface area contributed by atoms with Crippen molar-refractivity contribution < 1.29 is 4.74 Å². The summed E-state index contributed by atoms with van der Waals surface area (Å²) < 4.78 is 4.80. The van der Waals surface area contributed by atoms with E-state index in [0.29, 0.717) is 0 Å². The van der Waals surface area contributed by atoms with Crippen molar-refractivity contribution in [1.82, 2.24) is 0 Å². The van der Waals surface area contributed by atoms with Crippen LogP contribution >= 0.6 is 0 Å². The van der Waals surface area contributed by atoms with Crippen LogP contribution in [-0.2, 0) is 4.74 Å². The second kappa shape index (κ2) is 6.95. The molecule has 0 saturated carbocycles. The van der Waals surface area contributed by atoms with E-state index in [4.69, 9.17) is 10.1 Å². The summed E-state index contributed by atoms with van der Waals surface area (Å²) in [5.41, 5.74) is 0. The van der Waals surface area contributed by atoms with Gasteiger partial charge in [0.25, 0.3) is 0 Å². The molecule has 0 radical (unpaired) electrons. The predicted octanol–water partition coefficient (Wildman–Crippen LogP) is 2.09. The van der Waals surface area contributed by atoms with Crippen LogP contribution in [0.1, 0.15) is 13.3 Å². The number of hydrogen-bond acceptors (Lipinski definition) is 2. The summed E-state index contributed by atoms with van der Waals surface area (Å²) in [5, 5.41) is 6.57. The lowest BCUT2D eigenvalue weighted by Crippen LogP contribution is -1.65. The molecule has 0 aliphatic heterocycles. The van der Waals surface area contributed by atoms with Crippen LogP contribution in [0, 0.1) is 5.41 Å². The zero-order chi connectivity index (χ0) is 6.95. The van der Waals surface area contributed by atoms with Gasteiger partial charge in [-0.15, -0.1) is 0 Å². The van der Waals surface area contributed by atoms with Crippen molar-refractivity contribution in [2.45, 2.75) is 13.3 Å². The molecule has 2 heteroatoms. The maximum absolute atomic E-state index is 6.57. The van der Waals surface area contributed by atoms with E-state index in [1.165, 1.54) is 18.6 Å². The zero-order valence-electron chi connectivity index (χ0n) is 5.50. The standard InChI is InChI=1S/C7H11NO/c1-2-3-6-9-7-4-5-8/h3-8H,2H2,1H3/b6-3+,7-4-,8-5?. The van der Waals surface area contributed by atoms with Crippen LogP contribution in [0.4, 0.5) is 0 Å². The topological polar surface area (TPSA) is 33.1 Å². The van der Waals surface area contributed by atoms with Crippen LogP contribution in [0.3, 0.4) is 0 Å². The predicted molar refractivity (Wildman–Crippen MR) is 38.4 cm³/mol. The van der Waals surface area contributed by atoms with Gasteiger partial charge in [-0.2, -0.15) is 0 Å². The molecular formula is C7H11NO. The minimum absolute atomic E-state index is 0.971. The van der Waals surface area contributed by atoms with Gasteiger partial charge in [0, 0.05) is 6.21 Å². The molecule has 9 heavy (non-hydrogen) atoms. The number of ether oxygens (including phenoxy) is 1. The Labute approximate surface area is 55.3 Å². The van der Waals surface area contributed by atoms with Crippen LogP contribution in [0.15, 0.2) is 24.7 Å². The smallest absolute Gasteiger partial charge is 0.0916 e. The highest BCUT2D eigenvalue weighted by molar-refractivity contribution is 5.67. The monoisotopic (exact) mass is 125 g/mol. The molecule has 0 rings (SSSR count). The molecule has 0 bridgehead atoms. The van der Waals surface area contributed by atoms with E-state index < -0.39 is 0 Å². The fraction of sp³-hybridized carbons (Fsp3) is 0.286. The molecule has 0 heterocycles. The van der Waals surface area contributed by atoms with Crippen molar-refractivity contribution in [2.24, 2.45) is 0 Å². The van der Waals surface area contributed by atoms with Gasteiger partial charge in [-0.05, 0) is 18.6 Å². The molecule has 0 unspecified atom stereocenters. The van der Waals surface area contributed by atoms with Crippen molar-refractivity contribution in [2.75, 3.05) is 0 Å². The fourth-order valence-corrected chi connectivity index (χ4v) is 0.282. The Bertz CT molecular complexity index is 116. The van der Waals surface area contributed by atoms with E-state index in [9.17, 15) is 0 Å². The van der Waals surface area contributed by atoms with Crippen molar-refractivity contribution in [3.8, 4) is 0 Å². The quantitative estimate of drug-likeness (QED) is 0.453. The Morgan fingerprint density at radius 1 is 1.44 bits per heavy atom. The van der Waals surface area contributed by atoms with E-state index in [1.807, 2.05) is 13.0 Å². The lowest BCUT2D eigenvalue weighted by molar-refractivity contribution is 0.402. The fourth-order valence-electron chi connectivity index (χ4n) is 0.282. The third-order valence-electron chi connectivity index (χ3n) is 0.664. The number of hydrogen-bond donors (Lipinski definition) is 1. The largest absolute Gasteiger partial charge is 0.473 e. The van der Waals surface area contributed by atoms with Crippen LogP contribution in [0.2, 0.25) is 0 Å². The summed E-state index contributed by atoms with van der Waals surface area (Å²) in [6, 6.07) is 0. The number of nitrogens with one attached hydrogen (secondary N) is 1. The summed E-state index contributed by atoms with van der Waals surface area (Å²) in [5.74, 6) is 0. The van der Waals surface area contributed by atoms with Crippen molar-refractivity contribution in [3.05, 3.63) is 24.7 Å². The summed E-state index contributed by atoms with van der Waals surface area (Å²) in [6.07, 6.45) is 8.60. The number of allylic oxidation sites excluding steroid dienone is 2. The van der Waals surface area contributed by atoms with E-state index in [2.05, 4.69) is 0 Å². The normalized spacial score (nSPS) is 10.8. The Kier molecular flexibility index (Phi) is 6.14. The Morgan fingerprint density at radius 2 is 2.22 bits per heavy atom. The molecule has 0 aromatic rings. The highest BCUT2D eigenvalue weighted by Crippen LogP contribution is 1.81. The van der Waals surface area contributed by atoms with Gasteiger partial charge in [-0.25, -0.2) is 0 Å². The van der Waals surface area contributed by atoms with Gasteiger partial charge in [0.2, 0.25) is 0 Å². The summed E-state index contributed by atoms with van der Waals surface area (Å²) in [6.45, 7) is 2.03. The van der Waals surface area contributed by atoms with Gasteiger partial charge in [0.05, 0.1) is 12.5 Å². The van der Waals surface area contributed by atoms with Gasteiger partial charge in [0.15, 0.2) is 0 Å². The Balaban J connectivity index is 3.17. The summed E-state index contributed by atoms with van der Waals surface area (Å²) in [4.78, 5) is 0. The first-order valence-electron chi connectivity index (χ1n) is 2.88. The maximum atomic E-state index is 6.57. The third kappa shape index (κ3) is 6.95. The van der Waals surface area contributed by atoms with Crippen LogP contribution < -0.4 is 0 Å². The second-order valence-electron chi connectivity index (χ2n) is 1.41. The highest BCUT2D eigenvalue weighted by Gasteiger charge is 1.64. The minimum atomic E-state index is 0.971.